The molecule has 0 radical (unpaired) electrons. The molecule has 25 heavy (non-hydrogen) atoms. The molecular weight excluding hydrogens is 363 g/mol. The summed E-state index contributed by atoms with van der Waals surface area (Å²) in [5, 5.41) is 3.11. The van der Waals surface area contributed by atoms with Gasteiger partial charge in [0.15, 0.2) is 0 Å². The van der Waals surface area contributed by atoms with Crippen LogP contribution in [0.4, 0.5) is 13.2 Å². The van der Waals surface area contributed by atoms with Crippen LogP contribution in [0.15, 0.2) is 28.9 Å². The standard InChI is InChI=1S/C15H16F3NO5S/c1-9(2)14(20)19-6-5-10-8-23-13-4-3-11(7-12(10)13)24-25(21,22)15(16,17)18/h3-4,7-9H,5-6H2,1-2H3,(H,19,20). The van der Waals surface area contributed by atoms with E-state index in [0.29, 0.717) is 29.5 Å². The molecule has 1 aromatic heterocycles. The Labute approximate surface area is 142 Å². The summed E-state index contributed by atoms with van der Waals surface area (Å²) in [5.41, 5.74) is -4.54. The van der Waals surface area contributed by atoms with E-state index in [0.717, 1.165) is 12.1 Å². The molecule has 0 aliphatic heterocycles. The molecule has 2 rings (SSSR count). The Morgan fingerprint density at radius 2 is 2.00 bits per heavy atom. The molecule has 0 bridgehead atoms. The molecule has 6 nitrogen and oxygen atoms in total. The summed E-state index contributed by atoms with van der Waals surface area (Å²) in [4.78, 5) is 11.5. The van der Waals surface area contributed by atoms with Crippen molar-refractivity contribution in [2.75, 3.05) is 6.54 Å². The van der Waals surface area contributed by atoms with Crippen molar-refractivity contribution in [1.29, 1.82) is 0 Å². The fourth-order valence-electron chi connectivity index (χ4n) is 2.00. The van der Waals surface area contributed by atoms with Crippen LogP contribution in [-0.4, -0.2) is 26.4 Å². The van der Waals surface area contributed by atoms with Gasteiger partial charge in [-0.1, -0.05) is 13.8 Å². The van der Waals surface area contributed by atoms with Crippen LogP contribution in [0.5, 0.6) is 5.75 Å². The number of nitrogens with one attached hydrogen (secondary N) is 1. The molecule has 1 amide bonds. The first-order valence-electron chi connectivity index (χ1n) is 7.30. The molecule has 0 aliphatic carbocycles. The predicted molar refractivity (Wildman–Crippen MR) is 83.4 cm³/mol. The van der Waals surface area contributed by atoms with Crippen LogP contribution in [-0.2, 0) is 21.3 Å². The molecule has 0 fully saturated rings. The zero-order chi connectivity index (χ0) is 18.8. The first-order chi connectivity index (χ1) is 11.5. The average molecular weight is 379 g/mol. The zero-order valence-corrected chi connectivity index (χ0v) is 14.2. The smallest absolute Gasteiger partial charge is 0.464 e. The molecule has 1 heterocycles. The fourth-order valence-corrected chi connectivity index (χ4v) is 2.46. The third-order valence-corrected chi connectivity index (χ3v) is 4.31. The van der Waals surface area contributed by atoms with E-state index in [1.807, 2.05) is 0 Å². The highest BCUT2D eigenvalue weighted by atomic mass is 32.2. The van der Waals surface area contributed by atoms with Gasteiger partial charge in [0.05, 0.1) is 6.26 Å². The molecule has 0 spiro atoms. The molecule has 2 aromatic rings. The minimum Gasteiger partial charge on any atom is -0.464 e. The van der Waals surface area contributed by atoms with Crippen LogP contribution in [0.2, 0.25) is 0 Å². The largest absolute Gasteiger partial charge is 0.534 e. The van der Waals surface area contributed by atoms with E-state index in [9.17, 15) is 26.4 Å². The Morgan fingerprint density at radius 3 is 2.60 bits per heavy atom. The van der Waals surface area contributed by atoms with Crippen molar-refractivity contribution in [2.24, 2.45) is 5.92 Å². The number of amides is 1. The molecular formula is C15H16F3NO5S. The SMILES string of the molecule is CC(C)C(=O)NCCc1coc2ccc(OS(=O)(=O)C(F)(F)F)cc12. The third kappa shape index (κ3) is 4.44. The monoisotopic (exact) mass is 379 g/mol. The van der Waals surface area contributed by atoms with Crippen molar-refractivity contribution in [2.45, 2.75) is 25.8 Å². The van der Waals surface area contributed by atoms with Crippen molar-refractivity contribution in [3.05, 3.63) is 30.0 Å². The van der Waals surface area contributed by atoms with Gasteiger partial charge in [-0.15, -0.1) is 0 Å². The van der Waals surface area contributed by atoms with E-state index < -0.39 is 21.4 Å². The molecule has 138 valence electrons. The van der Waals surface area contributed by atoms with Crippen molar-refractivity contribution in [3.63, 3.8) is 0 Å². The van der Waals surface area contributed by atoms with Crippen LogP contribution >= 0.6 is 0 Å². The molecule has 0 aliphatic rings. The quantitative estimate of drug-likeness (QED) is 0.616. The maximum absolute atomic E-state index is 12.4. The predicted octanol–water partition coefficient (Wildman–Crippen LogP) is 2.98. The van der Waals surface area contributed by atoms with E-state index in [1.54, 1.807) is 13.8 Å². The maximum atomic E-state index is 12.4. The molecule has 1 aromatic carbocycles. The number of rotatable bonds is 6. The van der Waals surface area contributed by atoms with Gasteiger partial charge in [0.25, 0.3) is 0 Å². The number of carbonyl (C=O) groups excluding carboxylic acids is 1. The Morgan fingerprint density at radius 1 is 1.32 bits per heavy atom. The van der Waals surface area contributed by atoms with Crippen molar-refractivity contribution < 1.29 is 35.0 Å². The summed E-state index contributed by atoms with van der Waals surface area (Å²) in [5.74, 6) is -0.777. The summed E-state index contributed by atoms with van der Waals surface area (Å²) in [6, 6.07) is 3.54. The fraction of sp³-hybridized carbons (Fsp3) is 0.400. The first kappa shape index (κ1) is 19.1. The second-order valence-corrected chi connectivity index (χ2v) is 7.14. The number of hydrogen-bond donors (Lipinski definition) is 1. The second kappa shape index (κ2) is 6.95. The summed E-state index contributed by atoms with van der Waals surface area (Å²) < 4.78 is 68.7. The normalized spacial score (nSPS) is 12.6. The number of hydrogen-bond acceptors (Lipinski definition) is 5. The lowest BCUT2D eigenvalue weighted by Gasteiger charge is -2.09. The van der Waals surface area contributed by atoms with Gasteiger partial charge in [-0.05, 0) is 24.6 Å². The highest BCUT2D eigenvalue weighted by Crippen LogP contribution is 2.30. The minimum absolute atomic E-state index is 0.131. The molecule has 0 saturated carbocycles. The summed E-state index contributed by atoms with van der Waals surface area (Å²) >= 11 is 0. The Bertz CT molecular complexity index is 871. The highest BCUT2D eigenvalue weighted by Gasteiger charge is 2.48. The average Bonchev–Trinajstić information content (AvgIpc) is 2.88. The van der Waals surface area contributed by atoms with Gasteiger partial charge >= 0.3 is 15.6 Å². The van der Waals surface area contributed by atoms with Gasteiger partial charge in [-0.2, -0.15) is 21.6 Å². The van der Waals surface area contributed by atoms with E-state index in [4.69, 9.17) is 4.42 Å². The van der Waals surface area contributed by atoms with Gasteiger partial charge in [0.2, 0.25) is 5.91 Å². The molecule has 0 atom stereocenters. The van der Waals surface area contributed by atoms with Crippen molar-refractivity contribution >= 4 is 27.0 Å². The van der Waals surface area contributed by atoms with E-state index in [2.05, 4.69) is 9.50 Å². The lowest BCUT2D eigenvalue weighted by molar-refractivity contribution is -0.123. The van der Waals surface area contributed by atoms with Gasteiger partial charge in [-0.3, -0.25) is 4.79 Å². The number of carbonyl (C=O) groups is 1. The zero-order valence-electron chi connectivity index (χ0n) is 13.4. The van der Waals surface area contributed by atoms with Crippen LogP contribution < -0.4 is 9.50 Å². The Kier molecular flexibility index (Phi) is 5.31. The number of halogens is 3. The van der Waals surface area contributed by atoms with Gasteiger partial charge in [0.1, 0.15) is 11.3 Å². The number of fused-ring (bicyclic) bond motifs is 1. The number of furan rings is 1. The lowest BCUT2D eigenvalue weighted by Crippen LogP contribution is -2.29. The van der Waals surface area contributed by atoms with E-state index in [1.165, 1.54) is 12.3 Å². The van der Waals surface area contributed by atoms with Crippen LogP contribution in [0.3, 0.4) is 0 Å². The molecule has 0 saturated heterocycles. The Balaban J connectivity index is 2.18. The van der Waals surface area contributed by atoms with Gasteiger partial charge in [0, 0.05) is 23.4 Å². The van der Waals surface area contributed by atoms with Gasteiger partial charge in [-0.25, -0.2) is 0 Å². The lowest BCUT2D eigenvalue weighted by atomic mass is 10.1. The summed E-state index contributed by atoms with van der Waals surface area (Å²) in [6.45, 7) is 3.79. The maximum Gasteiger partial charge on any atom is 0.534 e. The summed E-state index contributed by atoms with van der Waals surface area (Å²) in [6.07, 6.45) is 1.76. The highest BCUT2D eigenvalue weighted by molar-refractivity contribution is 7.88. The van der Waals surface area contributed by atoms with Crippen molar-refractivity contribution in [1.82, 2.24) is 5.32 Å². The van der Waals surface area contributed by atoms with Crippen LogP contribution in [0.1, 0.15) is 19.4 Å². The summed E-state index contributed by atoms with van der Waals surface area (Å²) in [7, 11) is -5.74. The molecule has 1 N–H and O–H groups in total. The Hall–Kier alpha value is -2.23. The van der Waals surface area contributed by atoms with E-state index >= 15 is 0 Å². The van der Waals surface area contributed by atoms with E-state index in [-0.39, 0.29) is 11.8 Å². The van der Waals surface area contributed by atoms with Crippen LogP contribution in [0.25, 0.3) is 11.0 Å². The van der Waals surface area contributed by atoms with Gasteiger partial charge < -0.3 is 13.9 Å². The second-order valence-electron chi connectivity index (χ2n) is 5.60. The molecule has 0 unspecified atom stereocenters. The number of alkyl halides is 3. The minimum atomic E-state index is -5.74. The third-order valence-electron chi connectivity index (χ3n) is 3.33. The first-order valence-corrected chi connectivity index (χ1v) is 8.70. The van der Waals surface area contributed by atoms with Crippen molar-refractivity contribution in [3.8, 4) is 5.75 Å². The van der Waals surface area contributed by atoms with Crippen LogP contribution in [0, 0.1) is 5.92 Å². The number of benzene rings is 1. The topological polar surface area (TPSA) is 85.6 Å². The molecule has 10 heteroatoms.